The van der Waals surface area contributed by atoms with E-state index in [9.17, 15) is 9.59 Å². The van der Waals surface area contributed by atoms with E-state index in [2.05, 4.69) is 21.9 Å². The van der Waals surface area contributed by atoms with Gasteiger partial charge in [0.25, 0.3) is 0 Å². The van der Waals surface area contributed by atoms with Crippen molar-refractivity contribution in [1.29, 1.82) is 0 Å². The Morgan fingerprint density at radius 1 is 1.41 bits per heavy atom. The number of anilines is 1. The molecule has 0 aliphatic carbocycles. The van der Waals surface area contributed by atoms with Crippen LogP contribution in [0.25, 0.3) is 5.70 Å². The van der Waals surface area contributed by atoms with Crippen molar-refractivity contribution in [2.45, 2.75) is 39.7 Å². The molecule has 5 N–H and O–H groups in total. The highest BCUT2D eigenvalue weighted by Gasteiger charge is 2.33. The lowest BCUT2D eigenvalue weighted by Gasteiger charge is -2.21. The molecule has 3 amide bonds. The summed E-state index contributed by atoms with van der Waals surface area (Å²) in [5.41, 5.74) is 12.7. The van der Waals surface area contributed by atoms with E-state index in [0.717, 1.165) is 24.4 Å². The van der Waals surface area contributed by atoms with Crippen LogP contribution in [-0.4, -0.2) is 58.6 Å². The highest BCUT2D eigenvalue weighted by molar-refractivity contribution is 7.16. The Bertz CT molecular complexity index is 827. The maximum Gasteiger partial charge on any atom is 0.324 e. The number of hydrogen-bond acceptors (Lipinski definition) is 7. The van der Waals surface area contributed by atoms with Crippen molar-refractivity contribution in [2.24, 2.45) is 16.5 Å². The number of carbonyl (C=O) groups is 2. The van der Waals surface area contributed by atoms with E-state index in [-0.39, 0.29) is 6.03 Å². The maximum atomic E-state index is 12.5. The minimum atomic E-state index is -0.574. The van der Waals surface area contributed by atoms with Crippen molar-refractivity contribution in [3.05, 3.63) is 29.0 Å². The first kappa shape index (κ1) is 22.4. The Labute approximate surface area is 175 Å². The molecule has 1 aliphatic heterocycles. The number of nitrogens with two attached hydrogens (primary N) is 2. The molecule has 0 aromatic carbocycles. The zero-order chi connectivity index (χ0) is 21.6. The lowest BCUT2D eigenvalue weighted by molar-refractivity contribution is -0.121. The first-order valence-electron chi connectivity index (χ1n) is 9.56. The molecule has 1 saturated heterocycles. The Morgan fingerprint density at radius 3 is 2.72 bits per heavy atom. The van der Waals surface area contributed by atoms with E-state index in [1.807, 2.05) is 25.7 Å². The van der Waals surface area contributed by atoms with Crippen LogP contribution in [0.2, 0.25) is 0 Å². The van der Waals surface area contributed by atoms with Crippen molar-refractivity contribution in [3.8, 4) is 0 Å². The molecule has 1 aromatic rings. The number of aryl methyl sites for hydroxylation is 1. The van der Waals surface area contributed by atoms with E-state index >= 15 is 0 Å². The number of hydrogen-bond donors (Lipinski definition) is 3. The van der Waals surface area contributed by atoms with Crippen LogP contribution in [0.3, 0.4) is 0 Å². The fraction of sp³-hybridized carbons (Fsp3) is 0.474. The molecule has 2 heterocycles. The second kappa shape index (κ2) is 10.1. The monoisotopic (exact) mass is 419 g/mol. The van der Waals surface area contributed by atoms with E-state index in [4.69, 9.17) is 11.5 Å². The van der Waals surface area contributed by atoms with Gasteiger partial charge in [0, 0.05) is 25.8 Å². The highest BCUT2D eigenvalue weighted by Crippen LogP contribution is 2.27. The molecular formula is C19H29N7O2S. The number of primary amides is 1. The number of aromatic nitrogens is 1. The molecule has 1 atom stereocenters. The minimum absolute atomic E-state index is 0.383. The molecule has 1 fully saturated rings. The molecule has 0 spiro atoms. The fourth-order valence-electron chi connectivity index (χ4n) is 3.14. The second-order valence-corrected chi connectivity index (χ2v) is 7.61. The third kappa shape index (κ3) is 5.57. The summed E-state index contributed by atoms with van der Waals surface area (Å²) in [7, 11) is 0. The zero-order valence-electron chi connectivity index (χ0n) is 17.1. The molecule has 2 rings (SSSR count). The normalized spacial score (nSPS) is 17.0. The smallest absolute Gasteiger partial charge is 0.324 e. The predicted octanol–water partition coefficient (Wildman–Crippen LogP) is 2.12. The number of likely N-dealkylation sites (tertiary alicyclic amines) is 1. The lowest BCUT2D eigenvalue weighted by atomic mass is 10.2. The van der Waals surface area contributed by atoms with Gasteiger partial charge in [-0.3, -0.25) is 10.1 Å². The average molecular weight is 420 g/mol. The minimum Gasteiger partial charge on any atom is -0.397 e. The van der Waals surface area contributed by atoms with Gasteiger partial charge in [0.05, 0.1) is 16.3 Å². The standard InChI is InChI=1S/C19H29N7O2S/c1-5-25(6-2)13(4)22-10-9-14(20)16-12(3)23-18(29-16)24-19(28)26-11-7-8-15(26)17(21)27/h9-10,15H,4-8,11,20H2,1-3H3,(H2,21,27)(H,23,24,28)/b14-9-,22-10-/t15-/m0/s1. The molecule has 1 aromatic heterocycles. The summed E-state index contributed by atoms with van der Waals surface area (Å²) in [6.07, 6.45) is 4.62. The number of thiazole rings is 1. The van der Waals surface area contributed by atoms with Crippen LogP contribution >= 0.6 is 11.3 Å². The molecular weight excluding hydrogens is 390 g/mol. The summed E-state index contributed by atoms with van der Waals surface area (Å²) in [6, 6.07) is -0.957. The van der Waals surface area contributed by atoms with E-state index in [1.165, 1.54) is 16.2 Å². The number of urea groups is 1. The summed E-state index contributed by atoms with van der Waals surface area (Å²) < 4.78 is 0. The molecule has 158 valence electrons. The molecule has 10 heteroatoms. The van der Waals surface area contributed by atoms with E-state index < -0.39 is 11.9 Å². The topological polar surface area (TPSA) is 130 Å². The number of nitrogens with one attached hydrogen (secondary N) is 1. The van der Waals surface area contributed by atoms with Crippen molar-refractivity contribution >= 4 is 40.3 Å². The molecule has 0 radical (unpaired) electrons. The number of nitrogens with zero attached hydrogens (tertiary/aromatic N) is 4. The zero-order valence-corrected chi connectivity index (χ0v) is 18.0. The molecule has 9 nitrogen and oxygen atoms in total. The highest BCUT2D eigenvalue weighted by atomic mass is 32.1. The SMILES string of the molecule is C=C(/N=C\C=C(/N)c1sc(NC(=O)N2CCC[C@H]2C(N)=O)nc1C)N(CC)CC. The summed E-state index contributed by atoms with van der Waals surface area (Å²) >= 11 is 1.26. The molecule has 0 saturated carbocycles. The van der Waals surface area contributed by atoms with Crippen molar-refractivity contribution in [3.63, 3.8) is 0 Å². The largest absolute Gasteiger partial charge is 0.397 e. The van der Waals surface area contributed by atoms with Gasteiger partial charge in [-0.2, -0.15) is 0 Å². The Balaban J connectivity index is 2.06. The molecule has 29 heavy (non-hydrogen) atoms. The van der Waals surface area contributed by atoms with Gasteiger partial charge in [0.2, 0.25) is 5.91 Å². The Kier molecular flexibility index (Phi) is 7.77. The molecule has 0 unspecified atom stereocenters. The van der Waals surface area contributed by atoms with Crippen LogP contribution in [0, 0.1) is 6.92 Å². The van der Waals surface area contributed by atoms with Gasteiger partial charge in [-0.05, 0) is 39.7 Å². The van der Waals surface area contributed by atoms with E-state index in [0.29, 0.717) is 35.3 Å². The Hall–Kier alpha value is -2.88. The Morgan fingerprint density at radius 2 is 2.10 bits per heavy atom. The van der Waals surface area contributed by atoms with Gasteiger partial charge in [-0.15, -0.1) is 0 Å². The fourth-order valence-corrected chi connectivity index (χ4v) is 4.03. The van der Waals surface area contributed by atoms with Crippen LogP contribution in [0.1, 0.15) is 37.3 Å². The quantitative estimate of drug-likeness (QED) is 0.556. The number of carbonyl (C=O) groups excluding carboxylic acids is 2. The van der Waals surface area contributed by atoms with E-state index in [1.54, 1.807) is 12.3 Å². The van der Waals surface area contributed by atoms with Crippen molar-refractivity contribution < 1.29 is 9.59 Å². The summed E-state index contributed by atoms with van der Waals surface area (Å²) in [5, 5.41) is 3.15. The second-order valence-electron chi connectivity index (χ2n) is 6.61. The molecule has 0 bridgehead atoms. The maximum absolute atomic E-state index is 12.5. The summed E-state index contributed by atoms with van der Waals surface area (Å²) in [5.74, 6) is 0.175. The number of aliphatic imine (C=N–C) groups is 1. The predicted molar refractivity (Wildman–Crippen MR) is 118 cm³/mol. The van der Waals surface area contributed by atoms with Crippen LogP contribution in [0.15, 0.2) is 23.5 Å². The van der Waals surface area contributed by atoms with Gasteiger partial charge in [0.15, 0.2) is 5.13 Å². The molecule has 1 aliphatic rings. The average Bonchev–Trinajstić information content (AvgIpc) is 3.29. The van der Waals surface area contributed by atoms with Crippen LogP contribution in [-0.2, 0) is 4.79 Å². The third-order valence-corrected chi connectivity index (χ3v) is 5.84. The summed E-state index contributed by atoms with van der Waals surface area (Å²) in [4.78, 5) is 36.9. The van der Waals surface area contributed by atoms with Gasteiger partial charge < -0.3 is 21.3 Å². The van der Waals surface area contributed by atoms with Crippen LogP contribution in [0.4, 0.5) is 9.93 Å². The van der Waals surface area contributed by atoms with Gasteiger partial charge in [-0.1, -0.05) is 17.9 Å². The van der Waals surface area contributed by atoms with Gasteiger partial charge >= 0.3 is 6.03 Å². The van der Waals surface area contributed by atoms with Crippen LogP contribution in [0.5, 0.6) is 0 Å². The number of allylic oxidation sites excluding steroid dienone is 1. The van der Waals surface area contributed by atoms with Crippen molar-refractivity contribution in [1.82, 2.24) is 14.8 Å². The lowest BCUT2D eigenvalue weighted by Crippen LogP contribution is -2.45. The summed E-state index contributed by atoms with van der Waals surface area (Å²) in [6.45, 7) is 12.0. The first-order chi connectivity index (χ1) is 13.8. The number of amides is 3. The van der Waals surface area contributed by atoms with Gasteiger partial charge in [0.1, 0.15) is 11.9 Å². The number of rotatable bonds is 8. The first-order valence-corrected chi connectivity index (χ1v) is 10.4. The van der Waals surface area contributed by atoms with Crippen molar-refractivity contribution in [2.75, 3.05) is 25.0 Å². The van der Waals surface area contributed by atoms with Crippen LogP contribution < -0.4 is 16.8 Å². The third-order valence-electron chi connectivity index (χ3n) is 4.72. The van der Waals surface area contributed by atoms with Gasteiger partial charge in [-0.25, -0.2) is 14.8 Å².